The molecule has 2 fully saturated rings. The SMILES string of the molecule is Cc1cc(NC(=O)C(C)N2CCN(CC3CCCO3)CC2)on1. The number of aromatic nitrogens is 1. The Hall–Kier alpha value is -1.44. The van der Waals surface area contributed by atoms with Crippen molar-refractivity contribution in [2.75, 3.05) is 44.6 Å². The number of aryl methyl sites for hydroxylation is 1. The van der Waals surface area contributed by atoms with Gasteiger partial charge >= 0.3 is 0 Å². The van der Waals surface area contributed by atoms with Crippen LogP contribution in [0.2, 0.25) is 0 Å². The van der Waals surface area contributed by atoms with Crippen molar-refractivity contribution in [1.29, 1.82) is 0 Å². The Morgan fingerprint density at radius 3 is 2.83 bits per heavy atom. The van der Waals surface area contributed by atoms with Gasteiger partial charge in [0.2, 0.25) is 11.8 Å². The Morgan fingerprint density at radius 1 is 1.43 bits per heavy atom. The van der Waals surface area contributed by atoms with E-state index >= 15 is 0 Å². The average Bonchev–Trinajstić information content (AvgIpc) is 3.19. The van der Waals surface area contributed by atoms with E-state index in [9.17, 15) is 4.79 Å². The van der Waals surface area contributed by atoms with Crippen LogP contribution in [0, 0.1) is 6.92 Å². The number of nitrogens with one attached hydrogen (secondary N) is 1. The van der Waals surface area contributed by atoms with Crippen LogP contribution < -0.4 is 5.32 Å². The number of ether oxygens (including phenoxy) is 1. The minimum atomic E-state index is -0.176. The number of carbonyl (C=O) groups is 1. The highest BCUT2D eigenvalue weighted by atomic mass is 16.5. The number of anilines is 1. The van der Waals surface area contributed by atoms with Gasteiger partial charge in [-0.2, -0.15) is 0 Å². The number of piperazine rings is 1. The van der Waals surface area contributed by atoms with E-state index in [1.54, 1.807) is 6.07 Å². The first-order valence-electron chi connectivity index (χ1n) is 8.44. The lowest BCUT2D eigenvalue weighted by atomic mass is 10.2. The van der Waals surface area contributed by atoms with Crippen molar-refractivity contribution in [2.24, 2.45) is 0 Å². The first kappa shape index (κ1) is 16.4. The second kappa shape index (κ2) is 7.42. The summed E-state index contributed by atoms with van der Waals surface area (Å²) in [7, 11) is 0. The standard InChI is InChI=1S/C16H26N4O3/c1-12-10-15(23-18-12)17-16(21)13(2)20-7-5-19(6-8-20)11-14-4-3-9-22-14/h10,13-14H,3-9,11H2,1-2H3,(H,17,21). The summed E-state index contributed by atoms with van der Waals surface area (Å²) in [5, 5.41) is 6.56. The molecule has 128 valence electrons. The third-order valence-corrected chi connectivity index (χ3v) is 4.69. The highest BCUT2D eigenvalue weighted by molar-refractivity contribution is 5.93. The third kappa shape index (κ3) is 4.31. The number of amides is 1. The highest BCUT2D eigenvalue weighted by Gasteiger charge is 2.28. The summed E-state index contributed by atoms with van der Waals surface area (Å²) >= 11 is 0. The topological polar surface area (TPSA) is 70.8 Å². The van der Waals surface area contributed by atoms with Crippen LogP contribution in [0.4, 0.5) is 5.88 Å². The zero-order valence-electron chi connectivity index (χ0n) is 14.0. The second-order valence-electron chi connectivity index (χ2n) is 6.47. The molecule has 0 aromatic carbocycles. The van der Waals surface area contributed by atoms with Gasteiger partial charge in [0.05, 0.1) is 17.8 Å². The molecule has 7 nitrogen and oxygen atoms in total. The Labute approximate surface area is 136 Å². The summed E-state index contributed by atoms with van der Waals surface area (Å²) in [6.07, 6.45) is 2.76. The summed E-state index contributed by atoms with van der Waals surface area (Å²) in [5.41, 5.74) is 0.760. The predicted molar refractivity (Wildman–Crippen MR) is 86.3 cm³/mol. The number of rotatable bonds is 5. The molecule has 1 aromatic heterocycles. The van der Waals surface area contributed by atoms with Crippen LogP contribution >= 0.6 is 0 Å². The third-order valence-electron chi connectivity index (χ3n) is 4.69. The molecular formula is C16H26N4O3. The molecule has 0 aliphatic carbocycles. The molecule has 2 unspecified atom stereocenters. The van der Waals surface area contributed by atoms with Gasteiger partial charge in [0.15, 0.2) is 0 Å². The fourth-order valence-corrected chi connectivity index (χ4v) is 3.22. The molecule has 0 radical (unpaired) electrons. The molecule has 0 saturated carbocycles. The summed E-state index contributed by atoms with van der Waals surface area (Å²) in [6.45, 7) is 9.46. The van der Waals surface area contributed by atoms with E-state index in [-0.39, 0.29) is 11.9 Å². The normalized spacial score (nSPS) is 24.7. The van der Waals surface area contributed by atoms with E-state index in [0.29, 0.717) is 12.0 Å². The number of nitrogens with zero attached hydrogens (tertiary/aromatic N) is 3. The lowest BCUT2D eigenvalue weighted by molar-refractivity contribution is -0.121. The van der Waals surface area contributed by atoms with Gasteiger partial charge in [-0.3, -0.25) is 19.9 Å². The van der Waals surface area contributed by atoms with E-state index in [1.807, 2.05) is 13.8 Å². The fraction of sp³-hybridized carbons (Fsp3) is 0.750. The minimum Gasteiger partial charge on any atom is -0.377 e. The van der Waals surface area contributed by atoms with Gasteiger partial charge in [-0.05, 0) is 26.7 Å². The quantitative estimate of drug-likeness (QED) is 0.875. The summed E-state index contributed by atoms with van der Waals surface area (Å²) < 4.78 is 10.7. The molecule has 23 heavy (non-hydrogen) atoms. The van der Waals surface area contributed by atoms with E-state index in [0.717, 1.165) is 45.0 Å². The number of hydrogen-bond acceptors (Lipinski definition) is 6. The van der Waals surface area contributed by atoms with E-state index in [1.165, 1.54) is 12.8 Å². The first-order valence-corrected chi connectivity index (χ1v) is 8.44. The van der Waals surface area contributed by atoms with Gasteiger partial charge in [-0.1, -0.05) is 5.16 Å². The summed E-state index contributed by atoms with van der Waals surface area (Å²) in [6, 6.07) is 1.55. The molecule has 2 aliphatic rings. The van der Waals surface area contributed by atoms with E-state index in [4.69, 9.17) is 9.26 Å². The maximum absolute atomic E-state index is 12.3. The van der Waals surface area contributed by atoms with Crippen LogP contribution in [-0.4, -0.2) is 72.3 Å². The number of hydrogen-bond donors (Lipinski definition) is 1. The summed E-state index contributed by atoms with van der Waals surface area (Å²) in [5.74, 6) is 0.366. The Bertz CT molecular complexity index is 519. The maximum Gasteiger partial charge on any atom is 0.243 e. The number of carbonyl (C=O) groups excluding carboxylic acids is 1. The molecule has 2 saturated heterocycles. The fourth-order valence-electron chi connectivity index (χ4n) is 3.22. The second-order valence-corrected chi connectivity index (χ2v) is 6.47. The molecule has 1 N–H and O–H groups in total. The van der Waals surface area contributed by atoms with Crippen LogP contribution in [0.3, 0.4) is 0 Å². The largest absolute Gasteiger partial charge is 0.377 e. The maximum atomic E-state index is 12.3. The van der Waals surface area contributed by atoms with E-state index < -0.39 is 0 Å². The molecule has 7 heteroatoms. The van der Waals surface area contributed by atoms with Gasteiger partial charge in [0.1, 0.15) is 0 Å². The molecule has 2 aliphatic heterocycles. The lowest BCUT2D eigenvalue weighted by Gasteiger charge is -2.38. The average molecular weight is 322 g/mol. The molecule has 1 aromatic rings. The van der Waals surface area contributed by atoms with Crippen LogP contribution in [0.1, 0.15) is 25.5 Å². The van der Waals surface area contributed by atoms with Gasteiger partial charge in [0, 0.05) is 45.4 Å². The van der Waals surface area contributed by atoms with Crippen molar-refractivity contribution >= 4 is 11.8 Å². The molecular weight excluding hydrogens is 296 g/mol. The zero-order chi connectivity index (χ0) is 16.2. The van der Waals surface area contributed by atoms with Crippen molar-refractivity contribution in [1.82, 2.24) is 15.0 Å². The van der Waals surface area contributed by atoms with Crippen molar-refractivity contribution < 1.29 is 14.1 Å². The predicted octanol–water partition coefficient (Wildman–Crippen LogP) is 1.11. The zero-order valence-corrected chi connectivity index (χ0v) is 14.0. The molecule has 0 spiro atoms. The Kier molecular flexibility index (Phi) is 5.30. The van der Waals surface area contributed by atoms with Crippen LogP contribution in [0.25, 0.3) is 0 Å². The molecule has 3 heterocycles. The Morgan fingerprint density at radius 2 is 2.22 bits per heavy atom. The van der Waals surface area contributed by atoms with E-state index in [2.05, 4.69) is 20.3 Å². The molecule has 3 rings (SSSR count). The monoisotopic (exact) mass is 322 g/mol. The van der Waals surface area contributed by atoms with Crippen LogP contribution in [0.5, 0.6) is 0 Å². The molecule has 1 amide bonds. The molecule has 0 bridgehead atoms. The van der Waals surface area contributed by atoms with Crippen LogP contribution in [-0.2, 0) is 9.53 Å². The first-order chi connectivity index (χ1) is 11.1. The lowest BCUT2D eigenvalue weighted by Crippen LogP contribution is -2.53. The van der Waals surface area contributed by atoms with Crippen molar-refractivity contribution in [3.8, 4) is 0 Å². The van der Waals surface area contributed by atoms with Crippen LogP contribution in [0.15, 0.2) is 10.6 Å². The van der Waals surface area contributed by atoms with Crippen molar-refractivity contribution in [3.05, 3.63) is 11.8 Å². The Balaban J connectivity index is 1.43. The van der Waals surface area contributed by atoms with Crippen molar-refractivity contribution in [2.45, 2.75) is 38.8 Å². The van der Waals surface area contributed by atoms with Gasteiger partial charge in [-0.25, -0.2) is 0 Å². The summed E-state index contributed by atoms with van der Waals surface area (Å²) in [4.78, 5) is 17.0. The van der Waals surface area contributed by atoms with Gasteiger partial charge in [0.25, 0.3) is 0 Å². The van der Waals surface area contributed by atoms with Gasteiger partial charge < -0.3 is 9.26 Å². The van der Waals surface area contributed by atoms with Gasteiger partial charge in [-0.15, -0.1) is 0 Å². The van der Waals surface area contributed by atoms with Crippen molar-refractivity contribution in [3.63, 3.8) is 0 Å². The minimum absolute atomic E-state index is 0.0475. The molecule has 2 atom stereocenters. The smallest absolute Gasteiger partial charge is 0.243 e. The highest BCUT2D eigenvalue weighted by Crippen LogP contribution is 2.16.